The van der Waals surface area contributed by atoms with E-state index in [0.29, 0.717) is 18.2 Å². The van der Waals surface area contributed by atoms with Gasteiger partial charge in [0, 0.05) is 37.3 Å². The summed E-state index contributed by atoms with van der Waals surface area (Å²) in [6.07, 6.45) is 3.65. The minimum atomic E-state index is -0.686. The third-order valence-electron chi connectivity index (χ3n) is 4.01. The van der Waals surface area contributed by atoms with Gasteiger partial charge in [-0.2, -0.15) is 0 Å². The second kappa shape index (κ2) is 7.46. The van der Waals surface area contributed by atoms with Gasteiger partial charge in [-0.1, -0.05) is 0 Å². The molecule has 2 N–H and O–H groups in total. The highest BCUT2D eigenvalue weighted by Crippen LogP contribution is 2.28. The van der Waals surface area contributed by atoms with Gasteiger partial charge in [-0.3, -0.25) is 4.79 Å². The molecule has 6 nitrogen and oxygen atoms in total. The summed E-state index contributed by atoms with van der Waals surface area (Å²) >= 11 is 1.58. The quantitative estimate of drug-likeness (QED) is 0.764. The Morgan fingerprint density at radius 2 is 2.38 bits per heavy atom. The van der Waals surface area contributed by atoms with E-state index >= 15 is 0 Å². The molecule has 1 fully saturated rings. The zero-order valence-corrected chi connectivity index (χ0v) is 14.8. The topological polar surface area (TPSA) is 76.4 Å². The van der Waals surface area contributed by atoms with E-state index in [0.717, 1.165) is 16.3 Å². The number of rotatable bonds is 8. The van der Waals surface area contributed by atoms with Crippen molar-refractivity contribution in [2.45, 2.75) is 25.9 Å². The number of aryl methyl sites for hydroxylation is 2. The number of nitrogens with one attached hydrogen (secondary N) is 1. The van der Waals surface area contributed by atoms with Crippen LogP contribution in [0.25, 0.3) is 11.3 Å². The molecular formula is C17H23N3O3S. The third-order valence-corrected chi connectivity index (χ3v) is 4.78. The average molecular weight is 349 g/mol. The molecule has 1 aliphatic carbocycles. The van der Waals surface area contributed by atoms with E-state index in [-0.39, 0.29) is 19.1 Å². The molecule has 24 heavy (non-hydrogen) atoms. The SMILES string of the molecule is Cc1nc(-c2cc(C(=O)NCC(O)COCC3CC3)n(C)c2)cs1. The molecule has 1 amide bonds. The van der Waals surface area contributed by atoms with Crippen LogP contribution < -0.4 is 5.32 Å². The Labute approximate surface area is 145 Å². The number of ether oxygens (including phenoxy) is 1. The highest BCUT2D eigenvalue weighted by molar-refractivity contribution is 7.09. The Balaban J connectivity index is 1.51. The van der Waals surface area contributed by atoms with Crippen LogP contribution in [0.2, 0.25) is 0 Å². The summed E-state index contributed by atoms with van der Waals surface area (Å²) in [7, 11) is 1.83. The van der Waals surface area contributed by atoms with Gasteiger partial charge in [0.05, 0.1) is 23.4 Å². The normalized spacial score (nSPS) is 15.5. The predicted molar refractivity (Wildman–Crippen MR) is 93.1 cm³/mol. The summed E-state index contributed by atoms with van der Waals surface area (Å²) < 4.78 is 7.20. The van der Waals surface area contributed by atoms with Gasteiger partial charge in [0.15, 0.2) is 0 Å². The summed E-state index contributed by atoms with van der Waals surface area (Å²) in [5, 5.41) is 15.6. The zero-order chi connectivity index (χ0) is 17.1. The highest BCUT2D eigenvalue weighted by Gasteiger charge is 2.21. The first-order valence-corrected chi connectivity index (χ1v) is 9.03. The van der Waals surface area contributed by atoms with Crippen LogP contribution in [0.5, 0.6) is 0 Å². The van der Waals surface area contributed by atoms with Crippen molar-refractivity contribution in [1.29, 1.82) is 0 Å². The number of amides is 1. The maximum absolute atomic E-state index is 12.3. The predicted octanol–water partition coefficient (Wildman–Crippen LogP) is 1.97. The molecule has 0 spiro atoms. The van der Waals surface area contributed by atoms with E-state index in [2.05, 4.69) is 10.3 Å². The van der Waals surface area contributed by atoms with E-state index in [1.54, 1.807) is 15.9 Å². The van der Waals surface area contributed by atoms with Crippen molar-refractivity contribution in [2.75, 3.05) is 19.8 Å². The number of hydrogen-bond donors (Lipinski definition) is 2. The second-order valence-electron chi connectivity index (χ2n) is 6.32. The molecule has 2 aromatic rings. The minimum Gasteiger partial charge on any atom is -0.389 e. The van der Waals surface area contributed by atoms with E-state index in [1.165, 1.54) is 12.8 Å². The molecule has 1 unspecified atom stereocenters. The van der Waals surface area contributed by atoms with Gasteiger partial charge < -0.3 is 19.7 Å². The second-order valence-corrected chi connectivity index (χ2v) is 7.38. The fourth-order valence-corrected chi connectivity index (χ4v) is 3.06. The Kier molecular flexibility index (Phi) is 5.33. The van der Waals surface area contributed by atoms with Crippen molar-refractivity contribution < 1.29 is 14.6 Å². The number of thiazole rings is 1. The van der Waals surface area contributed by atoms with Crippen LogP contribution in [-0.2, 0) is 11.8 Å². The molecular weight excluding hydrogens is 326 g/mol. The largest absolute Gasteiger partial charge is 0.389 e. The molecule has 0 aromatic carbocycles. The summed E-state index contributed by atoms with van der Waals surface area (Å²) in [6.45, 7) is 3.10. The lowest BCUT2D eigenvalue weighted by molar-refractivity contribution is 0.0320. The van der Waals surface area contributed by atoms with E-state index in [1.807, 2.05) is 31.6 Å². The van der Waals surface area contributed by atoms with Crippen molar-refractivity contribution >= 4 is 17.2 Å². The first-order valence-electron chi connectivity index (χ1n) is 8.16. The summed E-state index contributed by atoms with van der Waals surface area (Å²) in [5.41, 5.74) is 2.34. The fourth-order valence-electron chi connectivity index (χ4n) is 2.44. The van der Waals surface area contributed by atoms with Crippen molar-refractivity contribution in [3.05, 3.63) is 28.3 Å². The highest BCUT2D eigenvalue weighted by atomic mass is 32.1. The Hall–Kier alpha value is -1.70. The lowest BCUT2D eigenvalue weighted by Crippen LogP contribution is -2.35. The standard InChI is InChI=1S/C17H23N3O3S/c1-11-19-15(10-24-11)13-5-16(20(2)7-13)17(22)18-6-14(21)9-23-8-12-3-4-12/h5,7,10,12,14,21H,3-4,6,8-9H2,1-2H3,(H,18,22). The monoisotopic (exact) mass is 349 g/mol. The lowest BCUT2D eigenvalue weighted by atomic mass is 10.2. The average Bonchev–Trinajstić information content (AvgIpc) is 3.13. The number of nitrogens with zero attached hydrogens (tertiary/aromatic N) is 2. The maximum Gasteiger partial charge on any atom is 0.268 e. The molecule has 3 rings (SSSR count). The summed E-state index contributed by atoms with van der Waals surface area (Å²) in [6, 6.07) is 1.82. The van der Waals surface area contributed by atoms with Crippen LogP contribution in [0, 0.1) is 12.8 Å². The van der Waals surface area contributed by atoms with Crippen LogP contribution in [0.3, 0.4) is 0 Å². The van der Waals surface area contributed by atoms with Crippen LogP contribution >= 0.6 is 11.3 Å². The number of hydrogen-bond acceptors (Lipinski definition) is 5. The molecule has 0 bridgehead atoms. The van der Waals surface area contributed by atoms with Crippen LogP contribution in [0.15, 0.2) is 17.6 Å². The number of carbonyl (C=O) groups excluding carboxylic acids is 1. The molecule has 7 heteroatoms. The molecule has 0 radical (unpaired) electrons. The van der Waals surface area contributed by atoms with Crippen molar-refractivity contribution in [2.24, 2.45) is 13.0 Å². The summed E-state index contributed by atoms with van der Waals surface area (Å²) in [4.78, 5) is 16.7. The molecule has 2 aromatic heterocycles. The number of aliphatic hydroxyl groups is 1. The summed E-state index contributed by atoms with van der Waals surface area (Å²) in [5.74, 6) is 0.458. The first kappa shape index (κ1) is 17.1. The molecule has 0 saturated heterocycles. The van der Waals surface area contributed by atoms with Crippen LogP contribution in [-0.4, -0.2) is 46.4 Å². The lowest BCUT2D eigenvalue weighted by Gasteiger charge is -2.12. The smallest absolute Gasteiger partial charge is 0.268 e. The van der Waals surface area contributed by atoms with Crippen molar-refractivity contribution in [3.63, 3.8) is 0 Å². The number of carbonyl (C=O) groups is 1. The maximum atomic E-state index is 12.3. The number of aromatic nitrogens is 2. The Morgan fingerprint density at radius 1 is 1.58 bits per heavy atom. The van der Waals surface area contributed by atoms with Crippen molar-refractivity contribution in [1.82, 2.24) is 14.9 Å². The fraction of sp³-hybridized carbons (Fsp3) is 0.529. The molecule has 130 valence electrons. The van der Waals surface area contributed by atoms with Gasteiger partial charge in [0.25, 0.3) is 5.91 Å². The third kappa shape index (κ3) is 4.43. The van der Waals surface area contributed by atoms with Gasteiger partial charge in [-0.25, -0.2) is 4.98 Å². The van der Waals surface area contributed by atoms with Gasteiger partial charge in [0.1, 0.15) is 5.69 Å². The van der Waals surface area contributed by atoms with Crippen molar-refractivity contribution in [3.8, 4) is 11.3 Å². The van der Waals surface area contributed by atoms with Crippen LogP contribution in [0.1, 0.15) is 28.3 Å². The molecule has 1 saturated carbocycles. The van der Waals surface area contributed by atoms with Gasteiger partial charge in [0.2, 0.25) is 0 Å². The minimum absolute atomic E-state index is 0.180. The molecule has 2 heterocycles. The Morgan fingerprint density at radius 3 is 3.04 bits per heavy atom. The van der Waals surface area contributed by atoms with Gasteiger partial charge in [-0.05, 0) is 31.7 Å². The zero-order valence-electron chi connectivity index (χ0n) is 14.0. The first-order chi connectivity index (χ1) is 11.5. The van der Waals surface area contributed by atoms with E-state index < -0.39 is 6.10 Å². The van der Waals surface area contributed by atoms with E-state index in [9.17, 15) is 9.90 Å². The Bertz CT molecular complexity index is 706. The van der Waals surface area contributed by atoms with Gasteiger partial charge >= 0.3 is 0 Å². The molecule has 0 aliphatic heterocycles. The number of aliphatic hydroxyl groups excluding tert-OH is 1. The van der Waals surface area contributed by atoms with Crippen LogP contribution in [0.4, 0.5) is 0 Å². The molecule has 1 atom stereocenters. The van der Waals surface area contributed by atoms with Gasteiger partial charge in [-0.15, -0.1) is 11.3 Å². The molecule has 1 aliphatic rings. The van der Waals surface area contributed by atoms with E-state index in [4.69, 9.17) is 4.74 Å².